The average molecular weight is 602 g/mol. The molecule has 1 unspecified atom stereocenters. The number of anilines is 3. The third-order valence-corrected chi connectivity index (χ3v) is 9.46. The highest BCUT2D eigenvalue weighted by molar-refractivity contribution is 6.09. The van der Waals surface area contributed by atoms with Gasteiger partial charge in [-0.25, -0.2) is 4.98 Å². The molecule has 3 aliphatic heterocycles. The number of hydrogen-bond acceptors (Lipinski definition) is 7. The maximum atomic E-state index is 13.8. The number of amides is 2. The van der Waals surface area contributed by atoms with E-state index in [2.05, 4.69) is 27.8 Å². The van der Waals surface area contributed by atoms with Crippen molar-refractivity contribution in [3.05, 3.63) is 106 Å². The first-order chi connectivity index (χ1) is 22.1. The maximum Gasteiger partial charge on any atom is 0.258 e. The first kappa shape index (κ1) is 27.8. The predicted molar refractivity (Wildman–Crippen MR) is 173 cm³/mol. The molecule has 3 aromatic carbocycles. The van der Waals surface area contributed by atoms with Crippen molar-refractivity contribution in [2.75, 3.05) is 48.4 Å². The van der Waals surface area contributed by atoms with E-state index < -0.39 is 0 Å². The fourth-order valence-electron chi connectivity index (χ4n) is 6.85. The molecule has 4 aromatic rings. The van der Waals surface area contributed by atoms with Gasteiger partial charge >= 0.3 is 0 Å². The summed E-state index contributed by atoms with van der Waals surface area (Å²) in [4.78, 5) is 34.9. The van der Waals surface area contributed by atoms with E-state index in [0.717, 1.165) is 45.6 Å². The minimum absolute atomic E-state index is 0.0135. The van der Waals surface area contributed by atoms with Crippen LogP contribution in [-0.4, -0.2) is 59.7 Å². The molecule has 1 aromatic heterocycles. The van der Waals surface area contributed by atoms with Crippen LogP contribution < -0.4 is 15.5 Å². The molecule has 2 amide bonds. The molecule has 2 fully saturated rings. The lowest BCUT2D eigenvalue weighted by Gasteiger charge is -2.31. The van der Waals surface area contributed by atoms with Gasteiger partial charge in [-0.05, 0) is 77.8 Å². The summed E-state index contributed by atoms with van der Waals surface area (Å²) in [6, 6.07) is 21.7. The van der Waals surface area contributed by atoms with Crippen LogP contribution in [0.2, 0.25) is 0 Å². The molecule has 0 radical (unpaired) electrons. The number of carbonyl (C=O) groups excluding carboxylic acids is 2. The number of benzene rings is 3. The number of ether oxygens (including phenoxy) is 1. The third kappa shape index (κ3) is 5.02. The molecule has 1 aliphatic carbocycles. The summed E-state index contributed by atoms with van der Waals surface area (Å²) < 4.78 is 5.38. The highest BCUT2D eigenvalue weighted by Gasteiger charge is 2.32. The number of aliphatic hydroxyl groups is 1. The molecule has 1 atom stereocenters. The zero-order valence-electron chi connectivity index (χ0n) is 25.0. The number of aliphatic hydroxyl groups excluding tert-OH is 1. The first-order valence-corrected chi connectivity index (χ1v) is 15.8. The van der Waals surface area contributed by atoms with Gasteiger partial charge in [-0.2, -0.15) is 0 Å². The van der Waals surface area contributed by atoms with Crippen LogP contribution in [-0.2, 0) is 17.8 Å². The number of rotatable bonds is 6. The second kappa shape index (κ2) is 11.3. The predicted octanol–water partition coefficient (Wildman–Crippen LogP) is 5.33. The number of fused-ring (bicyclic) bond motifs is 2. The first-order valence-electron chi connectivity index (χ1n) is 15.8. The summed E-state index contributed by atoms with van der Waals surface area (Å²) in [5.74, 6) is 1.34. The van der Waals surface area contributed by atoms with Crippen LogP contribution in [0.1, 0.15) is 67.9 Å². The van der Waals surface area contributed by atoms with Gasteiger partial charge < -0.3 is 30.3 Å². The molecule has 0 bridgehead atoms. The van der Waals surface area contributed by atoms with Gasteiger partial charge in [-0.3, -0.25) is 9.59 Å². The number of nitrogens with one attached hydrogen (secondary N) is 2. The summed E-state index contributed by atoms with van der Waals surface area (Å²) in [5.41, 5.74) is 8.82. The largest absolute Gasteiger partial charge is 0.392 e. The summed E-state index contributed by atoms with van der Waals surface area (Å²) in [7, 11) is 0. The second-order valence-electron chi connectivity index (χ2n) is 12.2. The number of carbonyl (C=O) groups is 2. The van der Waals surface area contributed by atoms with Crippen molar-refractivity contribution in [3.8, 4) is 11.1 Å². The van der Waals surface area contributed by atoms with E-state index in [0.29, 0.717) is 55.7 Å². The van der Waals surface area contributed by atoms with E-state index >= 15 is 0 Å². The minimum Gasteiger partial charge on any atom is -0.392 e. The van der Waals surface area contributed by atoms with Gasteiger partial charge in [-0.15, -0.1) is 0 Å². The Morgan fingerprint density at radius 3 is 2.49 bits per heavy atom. The van der Waals surface area contributed by atoms with Crippen LogP contribution in [0.4, 0.5) is 17.2 Å². The van der Waals surface area contributed by atoms with Crippen molar-refractivity contribution < 1.29 is 19.4 Å². The average Bonchev–Trinajstić information content (AvgIpc) is 3.86. The van der Waals surface area contributed by atoms with E-state index in [1.54, 1.807) is 6.20 Å². The molecule has 9 heteroatoms. The monoisotopic (exact) mass is 601 g/mol. The molecule has 4 heterocycles. The molecule has 3 N–H and O–H groups in total. The van der Waals surface area contributed by atoms with Gasteiger partial charge in [0.2, 0.25) is 0 Å². The normalized spacial score (nSPS) is 19.0. The van der Waals surface area contributed by atoms with E-state index in [1.807, 2.05) is 64.4 Å². The smallest absolute Gasteiger partial charge is 0.258 e. The SMILES string of the molecule is O=C(c1ccc(C2Nc3nccc(-c4cccc(N5CCc6cc(C7CC7)ccc6C5=O)c4CO)c3N2)cc1)N1CCOCC1. The Labute approximate surface area is 261 Å². The van der Waals surface area contributed by atoms with Crippen LogP contribution >= 0.6 is 0 Å². The molecule has 45 heavy (non-hydrogen) atoms. The van der Waals surface area contributed by atoms with Crippen molar-refractivity contribution in [1.29, 1.82) is 0 Å². The van der Waals surface area contributed by atoms with Crippen molar-refractivity contribution >= 4 is 29.0 Å². The number of hydrogen-bond donors (Lipinski definition) is 3. The topological polar surface area (TPSA) is 107 Å². The lowest BCUT2D eigenvalue weighted by Crippen LogP contribution is -2.40. The Morgan fingerprint density at radius 1 is 0.911 bits per heavy atom. The van der Waals surface area contributed by atoms with Gasteiger partial charge in [0.25, 0.3) is 11.8 Å². The Balaban J connectivity index is 1.06. The van der Waals surface area contributed by atoms with Crippen LogP contribution in [0.3, 0.4) is 0 Å². The van der Waals surface area contributed by atoms with E-state index in [1.165, 1.54) is 18.4 Å². The zero-order chi connectivity index (χ0) is 30.5. The van der Waals surface area contributed by atoms with Crippen LogP contribution in [0.25, 0.3) is 11.1 Å². The third-order valence-electron chi connectivity index (χ3n) is 9.46. The molecule has 1 saturated carbocycles. The van der Waals surface area contributed by atoms with Crippen molar-refractivity contribution in [2.45, 2.75) is 38.0 Å². The number of pyridine rings is 1. The molecule has 228 valence electrons. The van der Waals surface area contributed by atoms with Crippen LogP contribution in [0.5, 0.6) is 0 Å². The van der Waals surface area contributed by atoms with Gasteiger partial charge in [-0.1, -0.05) is 36.4 Å². The number of aromatic nitrogens is 1. The molecule has 1 saturated heterocycles. The number of nitrogens with zero attached hydrogens (tertiary/aromatic N) is 3. The highest BCUT2D eigenvalue weighted by atomic mass is 16.5. The summed E-state index contributed by atoms with van der Waals surface area (Å²) in [6.07, 6.45) is 4.76. The lowest BCUT2D eigenvalue weighted by atomic mass is 9.93. The van der Waals surface area contributed by atoms with E-state index in [9.17, 15) is 14.7 Å². The van der Waals surface area contributed by atoms with Gasteiger partial charge in [0, 0.05) is 48.1 Å². The highest BCUT2D eigenvalue weighted by Crippen LogP contribution is 2.44. The quantitative estimate of drug-likeness (QED) is 0.274. The molecular weight excluding hydrogens is 566 g/mol. The fourth-order valence-corrected chi connectivity index (χ4v) is 6.85. The summed E-state index contributed by atoms with van der Waals surface area (Å²) in [6.45, 7) is 2.70. The van der Waals surface area contributed by atoms with Crippen molar-refractivity contribution in [1.82, 2.24) is 9.88 Å². The molecule has 4 aliphatic rings. The van der Waals surface area contributed by atoms with Gasteiger partial charge in [0.1, 0.15) is 6.17 Å². The Bertz CT molecular complexity index is 1800. The summed E-state index contributed by atoms with van der Waals surface area (Å²) in [5, 5.41) is 17.7. The van der Waals surface area contributed by atoms with Crippen molar-refractivity contribution in [2.24, 2.45) is 0 Å². The maximum absolute atomic E-state index is 13.8. The molecular formula is C36H35N5O4. The van der Waals surface area contributed by atoms with Crippen molar-refractivity contribution in [3.63, 3.8) is 0 Å². The Hall–Kier alpha value is -4.73. The second-order valence-corrected chi connectivity index (χ2v) is 12.2. The number of morpholine rings is 1. The molecule has 8 rings (SSSR count). The minimum atomic E-state index is -0.248. The zero-order valence-corrected chi connectivity index (χ0v) is 25.0. The van der Waals surface area contributed by atoms with Gasteiger partial charge in [0.05, 0.1) is 31.2 Å². The van der Waals surface area contributed by atoms with Crippen LogP contribution in [0.15, 0.2) is 72.9 Å². The van der Waals surface area contributed by atoms with E-state index in [-0.39, 0.29) is 24.6 Å². The standard InChI is InChI=1S/C36H35N5O4/c42-21-30-28(2-1-3-31(30)41-15-13-26-20-25(22-4-5-22)10-11-27(26)36(41)44)29-12-14-37-34-32(29)38-33(39-34)23-6-8-24(9-7-23)35(43)40-16-18-45-19-17-40/h1-3,6-12,14,20,22,33,38,42H,4-5,13,15-19,21H2,(H,37,39). The van der Waals surface area contributed by atoms with E-state index in [4.69, 9.17) is 4.74 Å². The lowest BCUT2D eigenvalue weighted by molar-refractivity contribution is 0.0303. The van der Waals surface area contributed by atoms with Gasteiger partial charge in [0.15, 0.2) is 5.82 Å². The van der Waals surface area contributed by atoms with Crippen LogP contribution in [0, 0.1) is 0 Å². The summed E-state index contributed by atoms with van der Waals surface area (Å²) >= 11 is 0. The Morgan fingerprint density at radius 2 is 1.71 bits per heavy atom. The Kier molecular flexibility index (Phi) is 6.99. The molecule has 9 nitrogen and oxygen atoms in total. The fraction of sp³-hybridized carbons (Fsp3) is 0.306. The molecule has 0 spiro atoms.